The summed E-state index contributed by atoms with van der Waals surface area (Å²) in [5.41, 5.74) is 5.32. The van der Waals surface area contributed by atoms with Gasteiger partial charge in [0, 0.05) is 43.4 Å². The number of carbonyl (C=O) groups is 1. The highest BCUT2D eigenvalue weighted by atomic mass is 19.1. The lowest BCUT2D eigenvalue weighted by Gasteiger charge is -2.28. The zero-order chi connectivity index (χ0) is 26.4. The topological polar surface area (TPSA) is 94.8 Å². The minimum absolute atomic E-state index is 0.149. The number of anilines is 3. The molecule has 0 aliphatic carbocycles. The van der Waals surface area contributed by atoms with Gasteiger partial charge in [-0.2, -0.15) is 0 Å². The number of amides is 1. The third kappa shape index (κ3) is 4.47. The Balaban J connectivity index is 1.28. The van der Waals surface area contributed by atoms with Crippen LogP contribution in [0.2, 0.25) is 0 Å². The molecule has 0 radical (unpaired) electrons. The van der Waals surface area contributed by atoms with Crippen molar-refractivity contribution in [1.29, 1.82) is 0 Å². The van der Waals surface area contributed by atoms with Crippen LogP contribution < -0.4 is 15.5 Å². The van der Waals surface area contributed by atoms with Crippen molar-refractivity contribution in [2.75, 3.05) is 23.3 Å². The van der Waals surface area contributed by atoms with Crippen LogP contribution in [-0.4, -0.2) is 44.6 Å². The quantitative estimate of drug-likeness (QED) is 0.356. The SMILES string of the molecule is CC(O)[C@H]1CC[C@@H](C)CN(c2ccc(Nc3ccc(-c4cnc5cc(F)ccn45)c4c3C(=O)NC4)nc2)C1. The molecule has 4 aromatic rings. The van der Waals surface area contributed by atoms with Gasteiger partial charge in [-0.05, 0) is 55.5 Å². The highest BCUT2D eigenvalue weighted by Gasteiger charge is 2.28. The number of halogens is 1. The van der Waals surface area contributed by atoms with Crippen LogP contribution in [0.3, 0.4) is 0 Å². The molecular formula is C29H31FN6O2. The molecule has 0 bridgehead atoms. The molecule has 3 aromatic heterocycles. The molecule has 8 nitrogen and oxygen atoms in total. The first kappa shape index (κ1) is 24.4. The monoisotopic (exact) mass is 514 g/mol. The second kappa shape index (κ2) is 9.72. The van der Waals surface area contributed by atoms with Gasteiger partial charge in [-0.1, -0.05) is 13.0 Å². The van der Waals surface area contributed by atoms with E-state index in [2.05, 4.69) is 32.4 Å². The molecule has 1 fully saturated rings. The Hall–Kier alpha value is -3.98. The van der Waals surface area contributed by atoms with Crippen LogP contribution in [0.4, 0.5) is 21.6 Å². The van der Waals surface area contributed by atoms with Crippen LogP contribution in [0.1, 0.15) is 42.6 Å². The molecule has 38 heavy (non-hydrogen) atoms. The minimum atomic E-state index is -0.345. The largest absolute Gasteiger partial charge is 0.393 e. The van der Waals surface area contributed by atoms with Gasteiger partial charge < -0.3 is 20.6 Å². The van der Waals surface area contributed by atoms with Crippen LogP contribution >= 0.6 is 0 Å². The Kier molecular flexibility index (Phi) is 6.23. The highest BCUT2D eigenvalue weighted by molar-refractivity contribution is 6.06. The molecule has 196 valence electrons. The molecule has 1 amide bonds. The number of benzene rings is 1. The van der Waals surface area contributed by atoms with Crippen molar-refractivity contribution in [3.63, 3.8) is 0 Å². The predicted molar refractivity (Wildman–Crippen MR) is 145 cm³/mol. The van der Waals surface area contributed by atoms with Crippen LogP contribution in [-0.2, 0) is 6.54 Å². The standard InChI is InChI=1S/C29H31FN6O2/c1-17-3-4-19(18(2)37)16-35(15-17)21-5-8-26(31-12-21)34-24-7-6-22(23-13-33-29(38)28(23)24)25-14-32-27-11-20(30)9-10-36(25)27/h5-12,14,17-19,37H,3-4,13,15-16H2,1-2H3,(H,31,34)(H,33,38)/t17-,18?,19+/m1/s1. The van der Waals surface area contributed by atoms with Crippen molar-refractivity contribution < 1.29 is 14.3 Å². The Morgan fingerprint density at radius 1 is 1.13 bits per heavy atom. The van der Waals surface area contributed by atoms with E-state index in [0.717, 1.165) is 48.4 Å². The van der Waals surface area contributed by atoms with Gasteiger partial charge in [-0.25, -0.2) is 14.4 Å². The zero-order valence-electron chi connectivity index (χ0n) is 21.5. The molecule has 3 N–H and O–H groups in total. The molecule has 9 heteroatoms. The maximum Gasteiger partial charge on any atom is 0.254 e. The number of fused-ring (bicyclic) bond motifs is 2. The van der Waals surface area contributed by atoms with Gasteiger partial charge in [0.25, 0.3) is 5.91 Å². The van der Waals surface area contributed by atoms with E-state index < -0.39 is 0 Å². The van der Waals surface area contributed by atoms with Crippen molar-refractivity contribution in [3.8, 4) is 11.3 Å². The van der Waals surface area contributed by atoms with Gasteiger partial charge in [-0.15, -0.1) is 0 Å². The van der Waals surface area contributed by atoms with E-state index in [4.69, 9.17) is 0 Å². The Labute approximate surface area is 220 Å². The van der Waals surface area contributed by atoms with Gasteiger partial charge >= 0.3 is 0 Å². The molecule has 0 saturated carbocycles. The first-order valence-corrected chi connectivity index (χ1v) is 13.1. The second-order valence-corrected chi connectivity index (χ2v) is 10.5. The lowest BCUT2D eigenvalue weighted by Crippen LogP contribution is -2.33. The number of hydrogen-bond acceptors (Lipinski definition) is 6. The number of rotatable bonds is 5. The van der Waals surface area contributed by atoms with Crippen LogP contribution in [0, 0.1) is 17.7 Å². The third-order valence-corrected chi connectivity index (χ3v) is 7.79. The summed E-state index contributed by atoms with van der Waals surface area (Å²) in [7, 11) is 0. The Morgan fingerprint density at radius 2 is 2.00 bits per heavy atom. The number of carbonyl (C=O) groups excluding carboxylic acids is 1. The Bertz CT molecular complexity index is 1500. The summed E-state index contributed by atoms with van der Waals surface area (Å²) in [6, 6.07) is 10.6. The molecular weight excluding hydrogens is 483 g/mol. The van der Waals surface area contributed by atoms with Crippen molar-refractivity contribution in [3.05, 3.63) is 71.9 Å². The van der Waals surface area contributed by atoms with Crippen molar-refractivity contribution in [2.24, 2.45) is 11.8 Å². The van der Waals surface area contributed by atoms with Gasteiger partial charge in [0.1, 0.15) is 17.3 Å². The first-order chi connectivity index (χ1) is 18.4. The average molecular weight is 515 g/mol. The Morgan fingerprint density at radius 3 is 2.79 bits per heavy atom. The number of nitrogens with one attached hydrogen (secondary N) is 2. The van der Waals surface area contributed by atoms with Gasteiger partial charge in [-0.3, -0.25) is 9.20 Å². The molecule has 1 aromatic carbocycles. The van der Waals surface area contributed by atoms with Crippen LogP contribution in [0.25, 0.3) is 16.9 Å². The molecule has 2 aliphatic rings. The molecule has 3 atom stereocenters. The number of aromatic nitrogens is 3. The highest BCUT2D eigenvalue weighted by Crippen LogP contribution is 2.36. The number of imidazole rings is 1. The van der Waals surface area contributed by atoms with E-state index in [1.807, 2.05) is 41.8 Å². The molecule has 2 aliphatic heterocycles. The van der Waals surface area contributed by atoms with Crippen molar-refractivity contribution in [1.82, 2.24) is 19.7 Å². The van der Waals surface area contributed by atoms with E-state index in [1.165, 1.54) is 12.1 Å². The van der Waals surface area contributed by atoms with E-state index in [0.29, 0.717) is 35.2 Å². The fourth-order valence-corrected chi connectivity index (χ4v) is 5.65. The normalized spacial score (nSPS) is 20.2. The first-order valence-electron chi connectivity index (χ1n) is 13.1. The minimum Gasteiger partial charge on any atom is -0.393 e. The van der Waals surface area contributed by atoms with Crippen molar-refractivity contribution in [2.45, 2.75) is 39.3 Å². The molecule has 1 unspecified atom stereocenters. The maximum atomic E-state index is 13.7. The number of aliphatic hydroxyl groups excluding tert-OH is 1. The third-order valence-electron chi connectivity index (χ3n) is 7.79. The smallest absolute Gasteiger partial charge is 0.254 e. The van der Waals surface area contributed by atoms with Gasteiger partial charge in [0.15, 0.2) is 0 Å². The lowest BCUT2D eigenvalue weighted by molar-refractivity contribution is 0.0966. The fraction of sp³-hybridized carbons (Fsp3) is 0.345. The summed E-state index contributed by atoms with van der Waals surface area (Å²) in [4.78, 5) is 24.1. The molecule has 5 heterocycles. The summed E-state index contributed by atoms with van der Waals surface area (Å²) in [5.74, 6) is 0.933. The molecule has 1 saturated heterocycles. The predicted octanol–water partition coefficient (Wildman–Crippen LogP) is 4.76. The summed E-state index contributed by atoms with van der Waals surface area (Å²) in [5, 5.41) is 16.5. The second-order valence-electron chi connectivity index (χ2n) is 10.5. The summed E-state index contributed by atoms with van der Waals surface area (Å²) < 4.78 is 15.5. The maximum absolute atomic E-state index is 13.7. The summed E-state index contributed by atoms with van der Waals surface area (Å²) in [6.07, 6.45) is 6.99. The lowest BCUT2D eigenvalue weighted by atomic mass is 9.95. The van der Waals surface area contributed by atoms with Crippen LogP contribution in [0.15, 0.2) is 55.0 Å². The zero-order valence-corrected chi connectivity index (χ0v) is 21.5. The van der Waals surface area contributed by atoms with E-state index >= 15 is 0 Å². The van der Waals surface area contributed by atoms with E-state index in [1.54, 1.807) is 12.4 Å². The summed E-state index contributed by atoms with van der Waals surface area (Å²) >= 11 is 0. The molecule has 0 spiro atoms. The number of pyridine rings is 2. The van der Waals surface area contributed by atoms with Crippen molar-refractivity contribution >= 4 is 28.7 Å². The average Bonchev–Trinajstić information content (AvgIpc) is 3.43. The number of nitrogens with zero attached hydrogens (tertiary/aromatic N) is 4. The van der Waals surface area contributed by atoms with Crippen LogP contribution in [0.5, 0.6) is 0 Å². The fourth-order valence-electron chi connectivity index (χ4n) is 5.65. The van der Waals surface area contributed by atoms with E-state index in [9.17, 15) is 14.3 Å². The summed E-state index contributed by atoms with van der Waals surface area (Å²) in [6.45, 7) is 6.27. The van der Waals surface area contributed by atoms with E-state index in [-0.39, 0.29) is 23.7 Å². The molecule has 6 rings (SSSR count). The van der Waals surface area contributed by atoms with Gasteiger partial charge in [0.05, 0.1) is 41.1 Å². The number of hydrogen-bond donors (Lipinski definition) is 3. The number of aliphatic hydroxyl groups is 1. The van der Waals surface area contributed by atoms with Gasteiger partial charge in [0.2, 0.25) is 0 Å².